The smallest absolute Gasteiger partial charge is 0.283 e. The van der Waals surface area contributed by atoms with Crippen LogP contribution >= 0.6 is 15.9 Å². The van der Waals surface area contributed by atoms with Crippen LogP contribution in [0.3, 0.4) is 0 Å². The van der Waals surface area contributed by atoms with Gasteiger partial charge in [0, 0.05) is 6.54 Å². The summed E-state index contributed by atoms with van der Waals surface area (Å²) in [6.45, 7) is 2.50. The van der Waals surface area contributed by atoms with Crippen molar-refractivity contribution in [1.29, 1.82) is 0 Å². The lowest BCUT2D eigenvalue weighted by molar-refractivity contribution is 0.214. The first-order chi connectivity index (χ1) is 8.62. The second-order valence-corrected chi connectivity index (χ2v) is 5.56. The predicted octanol–water partition coefficient (Wildman–Crippen LogP) is 1.74. The van der Waals surface area contributed by atoms with Crippen LogP contribution in [0.25, 0.3) is 0 Å². The Bertz CT molecular complexity index is 481. The van der Waals surface area contributed by atoms with Gasteiger partial charge in [-0.2, -0.15) is 5.10 Å². The maximum Gasteiger partial charge on any atom is 0.283 e. The Morgan fingerprint density at radius 1 is 1.56 bits per heavy atom. The van der Waals surface area contributed by atoms with Crippen LogP contribution < -0.4 is 10.9 Å². The number of nitrogens with one attached hydrogen (secondary N) is 1. The number of anilines is 1. The second-order valence-electron chi connectivity index (χ2n) is 4.76. The molecule has 1 heterocycles. The van der Waals surface area contributed by atoms with Crippen molar-refractivity contribution in [2.24, 2.45) is 0 Å². The van der Waals surface area contributed by atoms with Crippen LogP contribution in [0.2, 0.25) is 0 Å². The third-order valence-corrected chi connectivity index (χ3v) is 4.31. The number of hydrogen-bond donors (Lipinski definition) is 2. The summed E-state index contributed by atoms with van der Waals surface area (Å²) >= 11 is 3.32. The Labute approximate surface area is 114 Å². The van der Waals surface area contributed by atoms with E-state index in [1.165, 1.54) is 4.68 Å². The molecule has 0 bridgehead atoms. The highest BCUT2D eigenvalue weighted by Crippen LogP contribution is 2.33. The summed E-state index contributed by atoms with van der Waals surface area (Å²) < 4.78 is 1.88. The van der Waals surface area contributed by atoms with Crippen LogP contribution in [0.1, 0.15) is 32.6 Å². The van der Waals surface area contributed by atoms with E-state index in [4.69, 9.17) is 0 Å². The van der Waals surface area contributed by atoms with E-state index in [9.17, 15) is 9.90 Å². The van der Waals surface area contributed by atoms with Crippen LogP contribution in [0.4, 0.5) is 5.69 Å². The molecule has 6 heteroatoms. The van der Waals surface area contributed by atoms with Gasteiger partial charge >= 0.3 is 0 Å². The molecule has 1 aliphatic rings. The number of aromatic nitrogens is 2. The van der Waals surface area contributed by atoms with E-state index in [2.05, 4.69) is 26.3 Å². The highest BCUT2D eigenvalue weighted by atomic mass is 79.9. The molecule has 0 unspecified atom stereocenters. The molecule has 5 nitrogen and oxygen atoms in total. The number of aliphatic hydroxyl groups is 1. The van der Waals surface area contributed by atoms with E-state index in [0.29, 0.717) is 16.7 Å². The van der Waals surface area contributed by atoms with Gasteiger partial charge in [0.25, 0.3) is 5.56 Å². The molecule has 0 spiro atoms. The Morgan fingerprint density at radius 2 is 2.22 bits per heavy atom. The standard InChI is InChI=1S/C12H18BrN3O2/c1-2-16-11(18)10(13)9(7-14-16)15-12(8-17)5-3-4-6-12/h7,15,17H,2-6,8H2,1H3. The Balaban J connectivity index is 2.29. The summed E-state index contributed by atoms with van der Waals surface area (Å²) in [5, 5.41) is 16.9. The second kappa shape index (κ2) is 5.40. The molecule has 0 amide bonds. The number of aliphatic hydroxyl groups excluding tert-OH is 1. The van der Waals surface area contributed by atoms with E-state index in [0.717, 1.165) is 25.7 Å². The molecule has 1 aliphatic carbocycles. The van der Waals surface area contributed by atoms with Gasteiger partial charge in [-0.25, -0.2) is 4.68 Å². The minimum absolute atomic E-state index is 0.0797. The van der Waals surface area contributed by atoms with Crippen molar-refractivity contribution in [2.75, 3.05) is 11.9 Å². The molecule has 1 aromatic rings. The van der Waals surface area contributed by atoms with Crippen molar-refractivity contribution in [2.45, 2.75) is 44.7 Å². The highest BCUT2D eigenvalue weighted by Gasteiger charge is 2.33. The molecule has 0 radical (unpaired) electrons. The van der Waals surface area contributed by atoms with E-state index in [-0.39, 0.29) is 17.7 Å². The minimum Gasteiger partial charge on any atom is -0.394 e. The SMILES string of the molecule is CCn1ncc(NC2(CO)CCCC2)c(Br)c1=O. The van der Waals surface area contributed by atoms with Crippen molar-refractivity contribution in [1.82, 2.24) is 9.78 Å². The average Bonchev–Trinajstić information content (AvgIpc) is 2.85. The normalized spacial score (nSPS) is 17.9. The zero-order valence-electron chi connectivity index (χ0n) is 10.4. The first-order valence-electron chi connectivity index (χ1n) is 6.26. The van der Waals surface area contributed by atoms with Crippen molar-refractivity contribution in [3.8, 4) is 0 Å². The summed E-state index contributed by atoms with van der Waals surface area (Å²) in [5.74, 6) is 0. The zero-order valence-corrected chi connectivity index (χ0v) is 12.0. The Kier molecular flexibility index (Phi) is 4.07. The van der Waals surface area contributed by atoms with Gasteiger partial charge < -0.3 is 10.4 Å². The average molecular weight is 316 g/mol. The van der Waals surface area contributed by atoms with Crippen molar-refractivity contribution in [3.63, 3.8) is 0 Å². The summed E-state index contributed by atoms with van der Waals surface area (Å²) in [5.41, 5.74) is 0.226. The third-order valence-electron chi connectivity index (χ3n) is 3.55. The molecular weight excluding hydrogens is 298 g/mol. The Hall–Kier alpha value is -0.880. The molecule has 2 rings (SSSR count). The number of halogens is 1. The van der Waals surface area contributed by atoms with Crippen LogP contribution in [0, 0.1) is 0 Å². The Morgan fingerprint density at radius 3 is 2.78 bits per heavy atom. The topological polar surface area (TPSA) is 67.2 Å². The molecular formula is C12H18BrN3O2. The van der Waals surface area contributed by atoms with Gasteiger partial charge in [0.1, 0.15) is 4.47 Å². The molecule has 100 valence electrons. The molecule has 2 N–H and O–H groups in total. The number of nitrogens with zero attached hydrogens (tertiary/aromatic N) is 2. The fraction of sp³-hybridized carbons (Fsp3) is 0.667. The van der Waals surface area contributed by atoms with Gasteiger partial charge in [-0.05, 0) is 35.7 Å². The van der Waals surface area contributed by atoms with Gasteiger partial charge in [0.05, 0.1) is 24.0 Å². The van der Waals surface area contributed by atoms with Crippen LogP contribution in [0.15, 0.2) is 15.5 Å². The van der Waals surface area contributed by atoms with Gasteiger partial charge in [0.15, 0.2) is 0 Å². The van der Waals surface area contributed by atoms with Gasteiger partial charge in [-0.15, -0.1) is 0 Å². The minimum atomic E-state index is -0.297. The molecule has 1 saturated carbocycles. The summed E-state index contributed by atoms with van der Waals surface area (Å²) in [7, 11) is 0. The lowest BCUT2D eigenvalue weighted by atomic mass is 9.99. The summed E-state index contributed by atoms with van der Waals surface area (Å²) in [4.78, 5) is 11.9. The third kappa shape index (κ3) is 2.44. The number of aryl methyl sites for hydroxylation is 1. The van der Waals surface area contributed by atoms with Gasteiger partial charge in [-0.3, -0.25) is 4.79 Å². The van der Waals surface area contributed by atoms with Crippen LogP contribution in [0.5, 0.6) is 0 Å². The van der Waals surface area contributed by atoms with Crippen molar-refractivity contribution in [3.05, 3.63) is 21.0 Å². The fourth-order valence-corrected chi connectivity index (χ4v) is 2.84. The van der Waals surface area contributed by atoms with Gasteiger partial charge in [-0.1, -0.05) is 12.8 Å². The zero-order chi connectivity index (χ0) is 13.2. The van der Waals surface area contributed by atoms with E-state index >= 15 is 0 Å². The number of rotatable bonds is 4. The molecule has 0 atom stereocenters. The first-order valence-corrected chi connectivity index (χ1v) is 7.06. The molecule has 1 fully saturated rings. The maximum absolute atomic E-state index is 11.9. The van der Waals surface area contributed by atoms with E-state index in [1.54, 1.807) is 6.20 Å². The molecule has 0 saturated heterocycles. The molecule has 0 aliphatic heterocycles. The monoisotopic (exact) mass is 315 g/mol. The lowest BCUT2D eigenvalue weighted by Gasteiger charge is -2.29. The fourth-order valence-electron chi connectivity index (χ4n) is 2.44. The van der Waals surface area contributed by atoms with Gasteiger partial charge in [0.2, 0.25) is 0 Å². The quantitative estimate of drug-likeness (QED) is 0.888. The van der Waals surface area contributed by atoms with Crippen LogP contribution in [-0.2, 0) is 6.54 Å². The predicted molar refractivity (Wildman–Crippen MR) is 73.8 cm³/mol. The first kappa shape index (κ1) is 13.5. The van der Waals surface area contributed by atoms with E-state index in [1.807, 2.05) is 6.92 Å². The highest BCUT2D eigenvalue weighted by molar-refractivity contribution is 9.10. The van der Waals surface area contributed by atoms with Crippen molar-refractivity contribution < 1.29 is 5.11 Å². The molecule has 1 aromatic heterocycles. The summed E-state index contributed by atoms with van der Waals surface area (Å²) in [6, 6.07) is 0. The van der Waals surface area contributed by atoms with Crippen molar-refractivity contribution >= 4 is 21.6 Å². The van der Waals surface area contributed by atoms with Crippen LogP contribution in [-0.4, -0.2) is 27.0 Å². The summed E-state index contributed by atoms with van der Waals surface area (Å²) in [6.07, 6.45) is 5.69. The molecule has 18 heavy (non-hydrogen) atoms. The number of hydrogen-bond acceptors (Lipinski definition) is 4. The van der Waals surface area contributed by atoms with E-state index < -0.39 is 0 Å². The molecule has 0 aromatic carbocycles. The lowest BCUT2D eigenvalue weighted by Crippen LogP contribution is -2.40. The largest absolute Gasteiger partial charge is 0.394 e. The maximum atomic E-state index is 11.9.